The Kier molecular flexibility index (Phi) is 6.87. The summed E-state index contributed by atoms with van der Waals surface area (Å²) in [5.41, 5.74) is 8.81. The van der Waals surface area contributed by atoms with Crippen molar-refractivity contribution in [2.24, 2.45) is 7.05 Å². The van der Waals surface area contributed by atoms with Crippen LogP contribution in [0.4, 0.5) is 0 Å². The number of hydrogen-bond acceptors (Lipinski definition) is 6. The third-order valence-corrected chi connectivity index (χ3v) is 8.51. The van der Waals surface area contributed by atoms with E-state index in [9.17, 15) is 4.79 Å². The minimum absolute atomic E-state index is 0.137. The SMILES string of the molecule is CCOC(=O)CC(c1ccc2c(c1)C(N1Cc3ccccc3OC(C)(C)C1)CC2)c1ccc2c(nnn2C)c1C. The van der Waals surface area contributed by atoms with Gasteiger partial charge in [0, 0.05) is 37.7 Å². The molecule has 3 aromatic carbocycles. The lowest BCUT2D eigenvalue weighted by molar-refractivity contribution is -0.143. The van der Waals surface area contributed by atoms with E-state index in [1.807, 2.05) is 20.0 Å². The second kappa shape index (κ2) is 10.4. The zero-order chi connectivity index (χ0) is 28.0. The van der Waals surface area contributed by atoms with Crippen LogP contribution in [0.5, 0.6) is 5.75 Å². The number of ether oxygens (including phenoxy) is 2. The molecule has 0 spiro atoms. The van der Waals surface area contributed by atoms with E-state index in [4.69, 9.17) is 9.47 Å². The Morgan fingerprint density at radius 3 is 2.80 bits per heavy atom. The highest BCUT2D eigenvalue weighted by molar-refractivity contribution is 5.80. The lowest BCUT2D eigenvalue weighted by atomic mass is 9.84. The van der Waals surface area contributed by atoms with Gasteiger partial charge in [-0.2, -0.15) is 0 Å². The van der Waals surface area contributed by atoms with Crippen molar-refractivity contribution in [1.82, 2.24) is 19.9 Å². The highest BCUT2D eigenvalue weighted by Gasteiger charge is 2.36. The minimum atomic E-state index is -0.303. The van der Waals surface area contributed by atoms with Gasteiger partial charge < -0.3 is 9.47 Å². The highest BCUT2D eigenvalue weighted by atomic mass is 16.5. The maximum atomic E-state index is 12.9. The Bertz CT molecular complexity index is 1570. The third-order valence-electron chi connectivity index (χ3n) is 8.51. The molecule has 1 aromatic heterocycles. The normalized spacial score (nSPS) is 19.0. The van der Waals surface area contributed by atoms with Crippen LogP contribution in [0.15, 0.2) is 54.6 Å². The van der Waals surface area contributed by atoms with Gasteiger partial charge in [0.15, 0.2) is 0 Å². The van der Waals surface area contributed by atoms with Gasteiger partial charge in [0.2, 0.25) is 0 Å². The zero-order valence-corrected chi connectivity index (χ0v) is 24.1. The van der Waals surface area contributed by atoms with E-state index in [-0.39, 0.29) is 30.0 Å². The smallest absolute Gasteiger partial charge is 0.306 e. The molecular formula is C33H38N4O3. The number of carbonyl (C=O) groups is 1. The Morgan fingerprint density at radius 2 is 1.98 bits per heavy atom. The third kappa shape index (κ3) is 4.87. The number of carbonyl (C=O) groups excluding carboxylic acids is 1. The molecule has 0 radical (unpaired) electrons. The molecule has 1 aliphatic heterocycles. The highest BCUT2D eigenvalue weighted by Crippen LogP contribution is 2.43. The number of aromatic nitrogens is 3. The van der Waals surface area contributed by atoms with Gasteiger partial charge in [-0.15, -0.1) is 5.10 Å². The number of hydrogen-bond donors (Lipinski definition) is 0. The Hall–Kier alpha value is -3.71. The zero-order valence-electron chi connectivity index (χ0n) is 24.1. The average molecular weight is 539 g/mol. The second-order valence-corrected chi connectivity index (χ2v) is 11.8. The molecule has 4 aromatic rings. The first-order valence-corrected chi connectivity index (χ1v) is 14.3. The number of aryl methyl sites for hydroxylation is 3. The predicted octanol–water partition coefficient (Wildman–Crippen LogP) is 6.02. The van der Waals surface area contributed by atoms with Crippen molar-refractivity contribution in [3.05, 3.63) is 88.0 Å². The molecule has 2 heterocycles. The summed E-state index contributed by atoms with van der Waals surface area (Å²) in [6.07, 6.45) is 2.40. The Balaban J connectivity index is 1.40. The molecule has 6 rings (SSSR count). The van der Waals surface area contributed by atoms with Gasteiger partial charge in [-0.3, -0.25) is 9.69 Å². The fourth-order valence-electron chi connectivity index (χ4n) is 6.66. The molecule has 0 N–H and O–H groups in total. The van der Waals surface area contributed by atoms with E-state index >= 15 is 0 Å². The van der Waals surface area contributed by atoms with Gasteiger partial charge in [0.25, 0.3) is 0 Å². The lowest BCUT2D eigenvalue weighted by Gasteiger charge is -2.34. The van der Waals surface area contributed by atoms with Crippen molar-refractivity contribution < 1.29 is 14.3 Å². The summed E-state index contributed by atoms with van der Waals surface area (Å²) < 4.78 is 13.7. The van der Waals surface area contributed by atoms with Crippen molar-refractivity contribution in [3.63, 3.8) is 0 Å². The van der Waals surface area contributed by atoms with Crippen LogP contribution in [0.25, 0.3) is 11.0 Å². The van der Waals surface area contributed by atoms with Gasteiger partial charge in [-0.25, -0.2) is 4.68 Å². The maximum Gasteiger partial charge on any atom is 0.306 e. The van der Waals surface area contributed by atoms with E-state index in [1.165, 1.54) is 16.7 Å². The molecule has 0 bridgehead atoms. The van der Waals surface area contributed by atoms with Crippen LogP contribution in [-0.4, -0.2) is 44.6 Å². The second-order valence-electron chi connectivity index (χ2n) is 11.8. The Labute approximate surface area is 236 Å². The first kappa shape index (κ1) is 26.5. The maximum absolute atomic E-state index is 12.9. The number of esters is 1. The van der Waals surface area contributed by atoms with Crippen molar-refractivity contribution in [1.29, 1.82) is 0 Å². The molecular weight excluding hydrogens is 500 g/mol. The minimum Gasteiger partial charge on any atom is -0.486 e. The van der Waals surface area contributed by atoms with Crippen LogP contribution in [0.3, 0.4) is 0 Å². The van der Waals surface area contributed by atoms with Gasteiger partial charge in [-0.05, 0) is 80.5 Å². The molecule has 2 atom stereocenters. The number of fused-ring (bicyclic) bond motifs is 3. The molecule has 0 saturated heterocycles. The summed E-state index contributed by atoms with van der Waals surface area (Å²) in [4.78, 5) is 15.5. The summed E-state index contributed by atoms with van der Waals surface area (Å²) in [5, 5.41) is 8.64. The van der Waals surface area contributed by atoms with Gasteiger partial charge in [-0.1, -0.05) is 47.7 Å². The topological polar surface area (TPSA) is 69.5 Å². The molecule has 0 fully saturated rings. The first-order chi connectivity index (χ1) is 19.2. The van der Waals surface area contributed by atoms with Crippen LogP contribution in [-0.2, 0) is 29.5 Å². The van der Waals surface area contributed by atoms with Crippen LogP contribution in [0.2, 0.25) is 0 Å². The van der Waals surface area contributed by atoms with Crippen molar-refractivity contribution >= 4 is 17.0 Å². The summed E-state index contributed by atoms with van der Waals surface area (Å²) in [5.74, 6) is 0.652. The molecule has 0 amide bonds. The standard InChI is InChI=1S/C33H38N4O3/c1-6-39-31(38)18-26(25-14-16-29-32(21(25)2)34-35-36(29)5)23-12-11-22-13-15-28(27(22)17-23)37-19-24-9-7-8-10-30(24)40-33(3,4)20-37/h7-12,14,16-17,26,28H,6,13,15,18-20H2,1-5H3. The molecule has 2 aliphatic rings. The van der Waals surface area contributed by atoms with Crippen molar-refractivity contribution in [2.75, 3.05) is 13.2 Å². The van der Waals surface area contributed by atoms with E-state index in [0.717, 1.165) is 59.4 Å². The first-order valence-electron chi connectivity index (χ1n) is 14.3. The lowest BCUT2D eigenvalue weighted by Crippen LogP contribution is -2.41. The van der Waals surface area contributed by atoms with E-state index < -0.39 is 0 Å². The summed E-state index contributed by atoms with van der Waals surface area (Å²) in [6.45, 7) is 10.3. The van der Waals surface area contributed by atoms with Crippen molar-refractivity contribution in [3.8, 4) is 5.75 Å². The number of nitrogens with zero attached hydrogens (tertiary/aromatic N) is 4. The monoisotopic (exact) mass is 538 g/mol. The van der Waals surface area contributed by atoms with Crippen LogP contribution in [0.1, 0.15) is 79.0 Å². The van der Waals surface area contributed by atoms with E-state index in [0.29, 0.717) is 6.61 Å². The van der Waals surface area contributed by atoms with E-state index in [2.05, 4.69) is 84.5 Å². The molecule has 40 heavy (non-hydrogen) atoms. The predicted molar refractivity (Wildman–Crippen MR) is 155 cm³/mol. The fourth-order valence-corrected chi connectivity index (χ4v) is 6.66. The summed E-state index contributed by atoms with van der Waals surface area (Å²) >= 11 is 0. The molecule has 0 saturated carbocycles. The molecule has 2 unspecified atom stereocenters. The molecule has 7 heteroatoms. The van der Waals surface area contributed by atoms with Crippen LogP contribution >= 0.6 is 0 Å². The number of benzene rings is 3. The number of rotatable bonds is 6. The summed E-state index contributed by atoms with van der Waals surface area (Å²) in [7, 11) is 1.90. The summed E-state index contributed by atoms with van der Waals surface area (Å²) in [6, 6.07) is 19.7. The van der Waals surface area contributed by atoms with Crippen LogP contribution < -0.4 is 4.74 Å². The quantitative estimate of drug-likeness (QED) is 0.280. The van der Waals surface area contributed by atoms with Gasteiger partial charge in [0.05, 0.1) is 18.5 Å². The number of para-hydroxylation sites is 1. The largest absolute Gasteiger partial charge is 0.486 e. The van der Waals surface area contributed by atoms with Crippen molar-refractivity contribution in [2.45, 2.75) is 71.1 Å². The average Bonchev–Trinajstić information content (AvgIpc) is 3.48. The Morgan fingerprint density at radius 1 is 1.15 bits per heavy atom. The van der Waals surface area contributed by atoms with Gasteiger partial charge >= 0.3 is 5.97 Å². The molecule has 208 valence electrons. The van der Waals surface area contributed by atoms with E-state index in [1.54, 1.807) is 4.68 Å². The van der Waals surface area contributed by atoms with Gasteiger partial charge in [0.1, 0.15) is 16.9 Å². The molecule has 1 aliphatic carbocycles. The fraction of sp³-hybridized carbons (Fsp3) is 0.424. The van der Waals surface area contributed by atoms with Crippen LogP contribution in [0, 0.1) is 6.92 Å². The molecule has 7 nitrogen and oxygen atoms in total.